The van der Waals surface area contributed by atoms with E-state index in [4.69, 9.17) is 0 Å². The highest BCUT2D eigenvalue weighted by Crippen LogP contribution is 2.21. The number of amides is 2. The Kier molecular flexibility index (Phi) is 5.01. The highest BCUT2D eigenvalue weighted by atomic mass is 16.2. The molecule has 0 atom stereocenters. The molecule has 0 aliphatic heterocycles. The summed E-state index contributed by atoms with van der Waals surface area (Å²) in [5.41, 5.74) is 1.18. The summed E-state index contributed by atoms with van der Waals surface area (Å²) in [5.74, 6) is 0. The van der Waals surface area contributed by atoms with Gasteiger partial charge in [-0.2, -0.15) is 0 Å². The number of rotatable bonds is 5. The first kappa shape index (κ1) is 13.6. The smallest absolute Gasteiger partial charge is 0.314 e. The molecule has 0 aliphatic rings. The van der Waals surface area contributed by atoms with Crippen LogP contribution in [-0.4, -0.2) is 19.1 Å². The van der Waals surface area contributed by atoms with Crippen molar-refractivity contribution < 1.29 is 4.79 Å². The van der Waals surface area contributed by atoms with Crippen LogP contribution in [-0.2, 0) is 5.41 Å². The Morgan fingerprint density at radius 2 is 1.82 bits per heavy atom. The quantitative estimate of drug-likeness (QED) is 0.808. The molecule has 0 spiro atoms. The van der Waals surface area contributed by atoms with Crippen molar-refractivity contribution in [3.63, 3.8) is 0 Å². The van der Waals surface area contributed by atoms with Crippen LogP contribution < -0.4 is 10.6 Å². The van der Waals surface area contributed by atoms with Crippen molar-refractivity contribution in [2.75, 3.05) is 13.1 Å². The zero-order chi connectivity index (χ0) is 12.7. The van der Waals surface area contributed by atoms with E-state index in [0.717, 1.165) is 13.0 Å². The molecule has 0 saturated heterocycles. The van der Waals surface area contributed by atoms with Gasteiger partial charge in [-0.15, -0.1) is 0 Å². The van der Waals surface area contributed by atoms with Gasteiger partial charge in [0.15, 0.2) is 0 Å². The van der Waals surface area contributed by atoms with E-state index in [2.05, 4.69) is 36.6 Å². The predicted molar refractivity (Wildman–Crippen MR) is 71.2 cm³/mol. The Hall–Kier alpha value is -1.51. The third kappa shape index (κ3) is 4.47. The molecule has 1 rings (SSSR count). The molecule has 0 radical (unpaired) electrons. The molecule has 0 unspecified atom stereocenters. The van der Waals surface area contributed by atoms with Gasteiger partial charge in [0.25, 0.3) is 0 Å². The fraction of sp³-hybridized carbons (Fsp3) is 0.500. The molecule has 1 aromatic rings. The van der Waals surface area contributed by atoms with Crippen LogP contribution in [0.5, 0.6) is 0 Å². The maximum absolute atomic E-state index is 11.5. The van der Waals surface area contributed by atoms with E-state index in [1.807, 2.05) is 25.1 Å². The topological polar surface area (TPSA) is 41.1 Å². The lowest BCUT2D eigenvalue weighted by atomic mass is 9.85. The summed E-state index contributed by atoms with van der Waals surface area (Å²) in [4.78, 5) is 11.5. The van der Waals surface area contributed by atoms with Gasteiger partial charge in [0.1, 0.15) is 0 Å². The zero-order valence-corrected chi connectivity index (χ0v) is 10.9. The normalized spacial score (nSPS) is 11.0. The van der Waals surface area contributed by atoms with Gasteiger partial charge in [0.2, 0.25) is 0 Å². The van der Waals surface area contributed by atoms with Crippen molar-refractivity contribution in [1.29, 1.82) is 0 Å². The fourth-order valence-corrected chi connectivity index (χ4v) is 1.59. The first-order valence-electron chi connectivity index (χ1n) is 6.13. The minimum atomic E-state index is -0.0872. The van der Waals surface area contributed by atoms with Crippen LogP contribution in [0.4, 0.5) is 4.79 Å². The summed E-state index contributed by atoms with van der Waals surface area (Å²) in [6.45, 7) is 7.64. The number of carbonyl (C=O) groups is 1. The highest BCUT2D eigenvalue weighted by molar-refractivity contribution is 5.73. The second-order valence-electron chi connectivity index (χ2n) is 4.86. The van der Waals surface area contributed by atoms with E-state index in [-0.39, 0.29) is 11.4 Å². The molecule has 3 heteroatoms. The van der Waals surface area contributed by atoms with E-state index < -0.39 is 0 Å². The molecule has 2 amide bonds. The van der Waals surface area contributed by atoms with Gasteiger partial charge in [-0.3, -0.25) is 0 Å². The monoisotopic (exact) mass is 234 g/mol. The lowest BCUT2D eigenvalue weighted by molar-refractivity contribution is 0.238. The summed E-state index contributed by atoms with van der Waals surface area (Å²) in [7, 11) is 0. The van der Waals surface area contributed by atoms with Crippen LogP contribution in [0.25, 0.3) is 0 Å². The molecule has 0 aromatic heterocycles. The van der Waals surface area contributed by atoms with Gasteiger partial charge >= 0.3 is 6.03 Å². The minimum absolute atomic E-state index is 0.0508. The zero-order valence-electron chi connectivity index (χ0n) is 10.9. The van der Waals surface area contributed by atoms with Crippen molar-refractivity contribution in [2.45, 2.75) is 32.6 Å². The molecule has 3 nitrogen and oxygen atoms in total. The maximum Gasteiger partial charge on any atom is 0.314 e. The van der Waals surface area contributed by atoms with Crippen molar-refractivity contribution in [3.05, 3.63) is 35.9 Å². The molecule has 0 bridgehead atoms. The summed E-state index contributed by atoms with van der Waals surface area (Å²) in [6.07, 6.45) is 0.954. The first-order valence-corrected chi connectivity index (χ1v) is 6.13. The summed E-state index contributed by atoms with van der Waals surface area (Å²) < 4.78 is 0. The molecule has 0 fully saturated rings. The van der Waals surface area contributed by atoms with Crippen LogP contribution >= 0.6 is 0 Å². The van der Waals surface area contributed by atoms with E-state index in [9.17, 15) is 4.79 Å². The Labute approximate surface area is 104 Å². The van der Waals surface area contributed by atoms with E-state index in [1.54, 1.807) is 0 Å². The number of hydrogen-bond donors (Lipinski definition) is 2. The molecule has 94 valence electrons. The van der Waals surface area contributed by atoms with Gasteiger partial charge in [-0.05, 0) is 12.0 Å². The second-order valence-corrected chi connectivity index (χ2v) is 4.86. The third-order valence-corrected chi connectivity index (χ3v) is 2.78. The van der Waals surface area contributed by atoms with Gasteiger partial charge in [-0.25, -0.2) is 4.79 Å². The number of urea groups is 1. The summed E-state index contributed by atoms with van der Waals surface area (Å²) in [5, 5.41) is 5.71. The van der Waals surface area contributed by atoms with Crippen molar-refractivity contribution in [3.8, 4) is 0 Å². The van der Waals surface area contributed by atoms with Gasteiger partial charge in [0, 0.05) is 18.5 Å². The van der Waals surface area contributed by atoms with Gasteiger partial charge < -0.3 is 10.6 Å². The molecule has 17 heavy (non-hydrogen) atoms. The SMILES string of the molecule is CCCNC(=O)NCC(C)(C)c1ccccc1. The van der Waals surface area contributed by atoms with E-state index in [0.29, 0.717) is 6.54 Å². The number of hydrogen-bond acceptors (Lipinski definition) is 1. The molecular weight excluding hydrogens is 212 g/mol. The average Bonchev–Trinajstić information content (AvgIpc) is 2.35. The molecule has 0 aliphatic carbocycles. The standard InChI is InChI=1S/C14H22N2O/c1-4-10-15-13(17)16-11-14(2,3)12-8-6-5-7-9-12/h5-9H,4,10-11H2,1-3H3,(H2,15,16,17). The second kappa shape index (κ2) is 6.28. The Morgan fingerprint density at radius 3 is 2.41 bits per heavy atom. The number of benzene rings is 1. The predicted octanol–water partition coefficient (Wildman–Crippen LogP) is 2.67. The van der Waals surface area contributed by atoms with Gasteiger partial charge in [-0.1, -0.05) is 51.1 Å². The Morgan fingerprint density at radius 1 is 1.18 bits per heavy atom. The number of nitrogens with one attached hydrogen (secondary N) is 2. The van der Waals surface area contributed by atoms with Crippen molar-refractivity contribution in [1.82, 2.24) is 10.6 Å². The minimum Gasteiger partial charge on any atom is -0.338 e. The molecule has 2 N–H and O–H groups in total. The van der Waals surface area contributed by atoms with Crippen LogP contribution in [0.1, 0.15) is 32.8 Å². The summed E-state index contributed by atoms with van der Waals surface area (Å²) in [6, 6.07) is 10.1. The van der Waals surface area contributed by atoms with Crippen molar-refractivity contribution in [2.24, 2.45) is 0 Å². The van der Waals surface area contributed by atoms with Gasteiger partial charge in [0.05, 0.1) is 0 Å². The largest absolute Gasteiger partial charge is 0.338 e. The van der Waals surface area contributed by atoms with Crippen LogP contribution in [0.2, 0.25) is 0 Å². The molecule has 0 heterocycles. The Bertz CT molecular complexity index is 346. The van der Waals surface area contributed by atoms with E-state index in [1.165, 1.54) is 5.56 Å². The summed E-state index contributed by atoms with van der Waals surface area (Å²) >= 11 is 0. The highest BCUT2D eigenvalue weighted by Gasteiger charge is 2.20. The van der Waals surface area contributed by atoms with Crippen LogP contribution in [0.15, 0.2) is 30.3 Å². The first-order chi connectivity index (χ1) is 8.06. The van der Waals surface area contributed by atoms with Crippen LogP contribution in [0, 0.1) is 0 Å². The van der Waals surface area contributed by atoms with E-state index >= 15 is 0 Å². The average molecular weight is 234 g/mol. The van der Waals surface area contributed by atoms with Crippen LogP contribution in [0.3, 0.4) is 0 Å². The molecular formula is C14H22N2O. The maximum atomic E-state index is 11.5. The Balaban J connectivity index is 2.48. The number of carbonyl (C=O) groups excluding carboxylic acids is 1. The molecule has 1 aromatic carbocycles. The fourth-order valence-electron chi connectivity index (χ4n) is 1.59. The lowest BCUT2D eigenvalue weighted by Gasteiger charge is -2.25. The molecule has 0 saturated carbocycles. The third-order valence-electron chi connectivity index (χ3n) is 2.78. The lowest BCUT2D eigenvalue weighted by Crippen LogP contribution is -2.42. The van der Waals surface area contributed by atoms with Crippen molar-refractivity contribution >= 4 is 6.03 Å².